The number of nitrogens with zero attached hydrogens (tertiary/aromatic N) is 1. The topological polar surface area (TPSA) is 78.5 Å². The van der Waals surface area contributed by atoms with Gasteiger partial charge in [0.15, 0.2) is 11.5 Å². The summed E-state index contributed by atoms with van der Waals surface area (Å²) >= 11 is 0. The van der Waals surface area contributed by atoms with E-state index in [1.165, 1.54) is 5.56 Å². The van der Waals surface area contributed by atoms with E-state index >= 15 is 0 Å². The molecule has 2 aliphatic heterocycles. The lowest BCUT2D eigenvalue weighted by Crippen LogP contribution is -2.54. The SMILES string of the molecule is COc1cc(-c2ccc3c(c2)COC2(CCN(C(=O)N[C@@H]4C[C@H]4c4ccccc4)CC2)O3)cc(OC)c1OC. The molecule has 1 saturated heterocycles. The van der Waals surface area contributed by atoms with Crippen LogP contribution in [0.15, 0.2) is 60.7 Å². The summed E-state index contributed by atoms with van der Waals surface area (Å²) in [6.07, 6.45) is 2.25. The Hall–Kier alpha value is -3.91. The van der Waals surface area contributed by atoms with E-state index in [0.29, 0.717) is 55.7 Å². The molecule has 3 aromatic carbocycles. The van der Waals surface area contributed by atoms with Crippen molar-refractivity contribution in [3.63, 3.8) is 0 Å². The minimum atomic E-state index is -0.704. The van der Waals surface area contributed by atoms with Gasteiger partial charge in [0, 0.05) is 43.5 Å². The van der Waals surface area contributed by atoms with Crippen molar-refractivity contribution in [1.29, 1.82) is 0 Å². The van der Waals surface area contributed by atoms with Crippen molar-refractivity contribution in [2.75, 3.05) is 34.4 Å². The van der Waals surface area contributed by atoms with Crippen LogP contribution in [0.2, 0.25) is 0 Å². The van der Waals surface area contributed by atoms with Gasteiger partial charge in [0.1, 0.15) is 5.75 Å². The quantitative estimate of drug-likeness (QED) is 0.463. The summed E-state index contributed by atoms with van der Waals surface area (Å²) in [6, 6.07) is 20.5. The number of carbonyl (C=O) groups is 1. The maximum atomic E-state index is 12.9. The third kappa shape index (κ3) is 4.96. The molecule has 0 radical (unpaired) electrons. The number of methoxy groups -OCH3 is 3. The van der Waals surface area contributed by atoms with E-state index < -0.39 is 5.79 Å². The molecule has 8 nitrogen and oxygen atoms in total. The van der Waals surface area contributed by atoms with Gasteiger partial charge in [0.25, 0.3) is 0 Å². The highest BCUT2D eigenvalue weighted by molar-refractivity contribution is 5.75. The number of ether oxygens (including phenoxy) is 5. The molecule has 1 saturated carbocycles. The van der Waals surface area contributed by atoms with Gasteiger partial charge >= 0.3 is 6.03 Å². The molecule has 39 heavy (non-hydrogen) atoms. The largest absolute Gasteiger partial charge is 0.493 e. The molecule has 2 atom stereocenters. The zero-order valence-electron chi connectivity index (χ0n) is 22.6. The third-order valence-corrected chi connectivity index (χ3v) is 7.98. The molecule has 2 fully saturated rings. The van der Waals surface area contributed by atoms with Crippen molar-refractivity contribution < 1.29 is 28.5 Å². The standard InChI is InChI=1S/C31H34N2O6/c1-35-27-16-22(17-28(36-2)29(27)37-3)21-9-10-26-23(15-21)19-38-31(39-26)11-13-33(14-12-31)30(34)32-25-18-24(25)20-7-5-4-6-8-20/h4-10,15-17,24-25H,11-14,18-19H2,1-3H3,(H,32,34)/t24-,25+/m0/s1. The molecule has 3 aliphatic rings. The minimum Gasteiger partial charge on any atom is -0.493 e. The van der Waals surface area contributed by atoms with Gasteiger partial charge in [-0.3, -0.25) is 0 Å². The van der Waals surface area contributed by atoms with E-state index in [2.05, 4.69) is 23.5 Å². The normalized spacial score (nSPS) is 20.9. The fraction of sp³-hybridized carbons (Fsp3) is 0.387. The monoisotopic (exact) mass is 530 g/mol. The highest BCUT2D eigenvalue weighted by atomic mass is 16.7. The van der Waals surface area contributed by atoms with Crippen LogP contribution in [-0.4, -0.2) is 57.2 Å². The molecular formula is C31H34N2O6. The molecule has 0 unspecified atom stereocenters. The number of urea groups is 1. The maximum absolute atomic E-state index is 12.9. The lowest BCUT2D eigenvalue weighted by Gasteiger charge is -2.44. The molecule has 1 N–H and O–H groups in total. The summed E-state index contributed by atoms with van der Waals surface area (Å²) in [5.74, 6) is 2.29. The van der Waals surface area contributed by atoms with Gasteiger partial charge in [-0.05, 0) is 47.4 Å². The number of benzene rings is 3. The van der Waals surface area contributed by atoms with E-state index in [4.69, 9.17) is 23.7 Å². The molecule has 6 rings (SSSR count). The predicted molar refractivity (Wildman–Crippen MR) is 147 cm³/mol. The molecule has 204 valence electrons. The summed E-state index contributed by atoms with van der Waals surface area (Å²) in [6.45, 7) is 1.63. The minimum absolute atomic E-state index is 0.000481. The average molecular weight is 531 g/mol. The number of amides is 2. The van der Waals surface area contributed by atoms with Gasteiger partial charge in [0.05, 0.1) is 27.9 Å². The number of rotatable bonds is 6. The molecule has 3 aromatic rings. The smallest absolute Gasteiger partial charge is 0.317 e. The Morgan fingerprint density at radius 1 is 0.923 bits per heavy atom. The second-order valence-corrected chi connectivity index (χ2v) is 10.3. The lowest BCUT2D eigenvalue weighted by molar-refractivity contribution is -0.225. The third-order valence-electron chi connectivity index (χ3n) is 7.98. The van der Waals surface area contributed by atoms with Crippen molar-refractivity contribution in [3.8, 4) is 34.1 Å². The summed E-state index contributed by atoms with van der Waals surface area (Å²) in [5, 5.41) is 3.20. The fourth-order valence-electron chi connectivity index (χ4n) is 5.63. The van der Waals surface area contributed by atoms with Crippen molar-refractivity contribution >= 4 is 6.03 Å². The van der Waals surface area contributed by atoms with E-state index in [1.54, 1.807) is 21.3 Å². The Morgan fingerprint density at radius 3 is 2.31 bits per heavy atom. The van der Waals surface area contributed by atoms with Crippen molar-refractivity contribution in [2.45, 2.75) is 43.6 Å². The van der Waals surface area contributed by atoms with Gasteiger partial charge in [-0.15, -0.1) is 0 Å². The van der Waals surface area contributed by atoms with Crippen molar-refractivity contribution in [3.05, 3.63) is 71.8 Å². The van der Waals surface area contributed by atoms with Crippen LogP contribution < -0.4 is 24.3 Å². The van der Waals surface area contributed by atoms with E-state index in [0.717, 1.165) is 28.9 Å². The van der Waals surface area contributed by atoms with Gasteiger partial charge in [-0.2, -0.15) is 0 Å². The van der Waals surface area contributed by atoms with Crippen LogP contribution in [0, 0.1) is 0 Å². The first-order valence-electron chi connectivity index (χ1n) is 13.4. The van der Waals surface area contributed by atoms with Gasteiger partial charge in [0.2, 0.25) is 11.5 Å². The van der Waals surface area contributed by atoms with Crippen LogP contribution in [0.4, 0.5) is 4.79 Å². The second-order valence-electron chi connectivity index (χ2n) is 10.3. The van der Waals surface area contributed by atoms with Crippen LogP contribution in [0.1, 0.15) is 36.3 Å². The second kappa shape index (κ2) is 10.3. The first kappa shape index (κ1) is 25.4. The van der Waals surface area contributed by atoms with E-state index in [-0.39, 0.29) is 12.1 Å². The molecule has 2 heterocycles. The van der Waals surface area contributed by atoms with Crippen LogP contribution in [-0.2, 0) is 11.3 Å². The van der Waals surface area contributed by atoms with Crippen LogP contribution in [0.3, 0.4) is 0 Å². The van der Waals surface area contributed by atoms with Crippen molar-refractivity contribution in [2.24, 2.45) is 0 Å². The summed E-state index contributed by atoms with van der Waals surface area (Å²) in [5.41, 5.74) is 4.21. The lowest BCUT2D eigenvalue weighted by atomic mass is 9.98. The van der Waals surface area contributed by atoms with Crippen molar-refractivity contribution in [1.82, 2.24) is 10.2 Å². The molecule has 1 aliphatic carbocycles. The summed E-state index contributed by atoms with van der Waals surface area (Å²) in [4.78, 5) is 14.8. The predicted octanol–water partition coefficient (Wildman–Crippen LogP) is 5.35. The molecule has 8 heteroatoms. The van der Waals surface area contributed by atoms with Crippen LogP contribution in [0.5, 0.6) is 23.0 Å². The first-order valence-corrected chi connectivity index (χ1v) is 13.4. The number of nitrogens with one attached hydrogen (secondary N) is 1. The first-order chi connectivity index (χ1) is 19.0. The molecule has 1 spiro atoms. The maximum Gasteiger partial charge on any atom is 0.317 e. The van der Waals surface area contributed by atoms with Crippen LogP contribution in [0.25, 0.3) is 11.1 Å². The number of hydrogen-bond donors (Lipinski definition) is 1. The number of hydrogen-bond acceptors (Lipinski definition) is 6. The highest BCUT2D eigenvalue weighted by Crippen LogP contribution is 2.44. The number of likely N-dealkylation sites (tertiary alicyclic amines) is 1. The Balaban J connectivity index is 1.09. The highest BCUT2D eigenvalue weighted by Gasteiger charge is 2.44. The zero-order valence-corrected chi connectivity index (χ0v) is 22.6. The Morgan fingerprint density at radius 2 is 1.64 bits per heavy atom. The van der Waals surface area contributed by atoms with E-state index in [9.17, 15) is 4.79 Å². The van der Waals surface area contributed by atoms with Gasteiger partial charge in [-0.25, -0.2) is 4.79 Å². The fourth-order valence-corrected chi connectivity index (χ4v) is 5.63. The summed E-state index contributed by atoms with van der Waals surface area (Å²) in [7, 11) is 4.81. The Labute approximate surface area is 228 Å². The number of carbonyl (C=O) groups excluding carboxylic acids is 1. The molecular weight excluding hydrogens is 496 g/mol. The Kier molecular flexibility index (Phi) is 6.73. The molecule has 2 amide bonds. The van der Waals surface area contributed by atoms with E-state index in [1.807, 2.05) is 47.4 Å². The Bertz CT molecular complexity index is 1330. The molecule has 0 aromatic heterocycles. The molecule has 0 bridgehead atoms. The van der Waals surface area contributed by atoms with Crippen LogP contribution >= 0.6 is 0 Å². The summed E-state index contributed by atoms with van der Waals surface area (Å²) < 4.78 is 29.2. The number of piperidine rings is 1. The van der Waals surface area contributed by atoms with Gasteiger partial charge in [-0.1, -0.05) is 36.4 Å². The van der Waals surface area contributed by atoms with Gasteiger partial charge < -0.3 is 33.9 Å². The number of fused-ring (bicyclic) bond motifs is 1. The zero-order chi connectivity index (χ0) is 27.0. The average Bonchev–Trinajstić information content (AvgIpc) is 3.75.